The number of nitrogen functional groups attached to an aromatic ring is 2. The number of amides is 1. The van der Waals surface area contributed by atoms with Crippen molar-refractivity contribution >= 4 is 23.0 Å². The lowest BCUT2D eigenvalue weighted by molar-refractivity contribution is -0.122. The maximum atomic E-state index is 11.3. The summed E-state index contributed by atoms with van der Waals surface area (Å²) < 4.78 is 0. The first-order chi connectivity index (χ1) is 8.49. The summed E-state index contributed by atoms with van der Waals surface area (Å²) in [6, 6.07) is 5.97. The van der Waals surface area contributed by atoms with Crippen molar-refractivity contribution in [3.63, 3.8) is 0 Å². The van der Waals surface area contributed by atoms with Gasteiger partial charge < -0.3 is 22.1 Å². The Kier molecular flexibility index (Phi) is 3.32. The molecule has 0 aliphatic carbocycles. The molecule has 0 spiro atoms. The fourth-order valence-corrected chi connectivity index (χ4v) is 2.44. The van der Waals surface area contributed by atoms with E-state index >= 15 is 0 Å². The zero-order valence-electron chi connectivity index (χ0n) is 10.6. The number of rotatable bonds is 2. The van der Waals surface area contributed by atoms with Crippen molar-refractivity contribution in [3.05, 3.63) is 18.2 Å². The molecule has 1 amide bonds. The Labute approximate surface area is 107 Å². The predicted octanol–water partition coefficient (Wildman–Crippen LogP) is 0.941. The minimum Gasteiger partial charge on any atom is -0.397 e. The van der Waals surface area contributed by atoms with Crippen molar-refractivity contribution in [2.45, 2.75) is 25.8 Å². The minimum absolute atomic E-state index is 0.0834. The van der Waals surface area contributed by atoms with Gasteiger partial charge in [-0.25, -0.2) is 0 Å². The summed E-state index contributed by atoms with van der Waals surface area (Å²) in [4.78, 5) is 13.5. The summed E-state index contributed by atoms with van der Waals surface area (Å²) in [5.41, 5.74) is 19.1. The molecule has 5 nitrogen and oxygen atoms in total. The lowest BCUT2D eigenvalue weighted by Gasteiger charge is -2.38. The molecular weight excluding hydrogens is 228 g/mol. The molecule has 2 atom stereocenters. The zero-order valence-corrected chi connectivity index (χ0v) is 10.6. The number of hydrogen-bond acceptors (Lipinski definition) is 4. The number of carbonyl (C=O) groups excluding carboxylic acids is 1. The highest BCUT2D eigenvalue weighted by Gasteiger charge is 2.28. The summed E-state index contributed by atoms with van der Waals surface area (Å²) in [6.45, 7) is 2.80. The van der Waals surface area contributed by atoms with Crippen LogP contribution in [0.15, 0.2) is 18.2 Å². The molecule has 5 heteroatoms. The number of nitrogens with zero attached hydrogens (tertiary/aromatic N) is 1. The van der Waals surface area contributed by atoms with Crippen LogP contribution in [0.5, 0.6) is 0 Å². The molecule has 2 unspecified atom stereocenters. The van der Waals surface area contributed by atoms with Crippen molar-refractivity contribution < 1.29 is 4.79 Å². The van der Waals surface area contributed by atoms with Crippen LogP contribution >= 0.6 is 0 Å². The Morgan fingerprint density at radius 2 is 2.00 bits per heavy atom. The van der Waals surface area contributed by atoms with Crippen LogP contribution in [0.4, 0.5) is 17.1 Å². The van der Waals surface area contributed by atoms with Crippen LogP contribution in [0.2, 0.25) is 0 Å². The molecule has 1 saturated heterocycles. The van der Waals surface area contributed by atoms with E-state index in [1.807, 2.05) is 12.1 Å². The fraction of sp³-hybridized carbons (Fsp3) is 0.462. The third-order valence-corrected chi connectivity index (χ3v) is 3.69. The van der Waals surface area contributed by atoms with Gasteiger partial charge >= 0.3 is 0 Å². The summed E-state index contributed by atoms with van der Waals surface area (Å²) in [6.07, 6.45) is 1.81. The first-order valence-corrected chi connectivity index (χ1v) is 6.20. The molecule has 2 rings (SSSR count). The van der Waals surface area contributed by atoms with Crippen LogP contribution < -0.4 is 22.1 Å². The molecule has 98 valence electrons. The Bertz CT molecular complexity index is 460. The Morgan fingerprint density at radius 1 is 1.28 bits per heavy atom. The lowest BCUT2D eigenvalue weighted by atomic mass is 9.92. The van der Waals surface area contributed by atoms with Crippen LogP contribution in [0.25, 0.3) is 0 Å². The van der Waals surface area contributed by atoms with Crippen LogP contribution in [0, 0.1) is 5.92 Å². The molecule has 1 aromatic rings. The average molecular weight is 248 g/mol. The second-order valence-electron chi connectivity index (χ2n) is 4.99. The number of piperidine rings is 1. The molecule has 18 heavy (non-hydrogen) atoms. The number of carbonyl (C=O) groups is 1. The molecule has 1 heterocycles. The Morgan fingerprint density at radius 3 is 2.61 bits per heavy atom. The van der Waals surface area contributed by atoms with E-state index in [4.69, 9.17) is 17.2 Å². The quantitative estimate of drug-likeness (QED) is 0.678. The minimum atomic E-state index is -0.227. The Hall–Kier alpha value is -1.91. The number of nitrogens with two attached hydrogens (primary N) is 3. The van der Waals surface area contributed by atoms with E-state index in [1.165, 1.54) is 0 Å². The van der Waals surface area contributed by atoms with E-state index in [0.717, 1.165) is 18.5 Å². The average Bonchev–Trinajstić information content (AvgIpc) is 2.33. The molecule has 1 aromatic carbocycles. The van der Waals surface area contributed by atoms with Crippen LogP contribution in [-0.2, 0) is 4.79 Å². The molecule has 1 aliphatic heterocycles. The first-order valence-electron chi connectivity index (χ1n) is 6.20. The number of hydrogen-bond donors (Lipinski definition) is 3. The smallest absolute Gasteiger partial charge is 0.222 e. The number of anilines is 3. The van der Waals surface area contributed by atoms with E-state index in [0.29, 0.717) is 24.0 Å². The van der Waals surface area contributed by atoms with Gasteiger partial charge in [0.05, 0.1) is 17.3 Å². The van der Waals surface area contributed by atoms with Gasteiger partial charge in [-0.1, -0.05) is 0 Å². The van der Waals surface area contributed by atoms with Crippen molar-refractivity contribution in [2.75, 3.05) is 22.9 Å². The van der Waals surface area contributed by atoms with Gasteiger partial charge in [-0.15, -0.1) is 0 Å². The van der Waals surface area contributed by atoms with Gasteiger partial charge in [-0.3, -0.25) is 4.79 Å². The van der Waals surface area contributed by atoms with Crippen LogP contribution in [0.3, 0.4) is 0 Å². The highest BCUT2D eigenvalue weighted by atomic mass is 16.1. The van der Waals surface area contributed by atoms with Gasteiger partial charge in [0.1, 0.15) is 0 Å². The lowest BCUT2D eigenvalue weighted by Crippen LogP contribution is -2.45. The SMILES string of the molecule is CC1CCC(C(N)=O)CN1c1ccc(N)c(N)c1. The summed E-state index contributed by atoms with van der Waals surface area (Å²) in [7, 11) is 0. The molecule has 1 aliphatic rings. The van der Waals surface area contributed by atoms with Gasteiger partial charge in [0.15, 0.2) is 0 Å². The van der Waals surface area contributed by atoms with E-state index in [1.54, 1.807) is 6.07 Å². The molecule has 1 fully saturated rings. The largest absolute Gasteiger partial charge is 0.397 e. The third kappa shape index (κ3) is 2.34. The van der Waals surface area contributed by atoms with Gasteiger partial charge in [0.25, 0.3) is 0 Å². The third-order valence-electron chi connectivity index (χ3n) is 3.69. The number of benzene rings is 1. The molecular formula is C13H20N4O. The highest BCUT2D eigenvalue weighted by molar-refractivity contribution is 5.78. The van der Waals surface area contributed by atoms with E-state index < -0.39 is 0 Å². The van der Waals surface area contributed by atoms with Crippen LogP contribution in [-0.4, -0.2) is 18.5 Å². The van der Waals surface area contributed by atoms with Crippen molar-refractivity contribution in [3.8, 4) is 0 Å². The van der Waals surface area contributed by atoms with Gasteiger partial charge in [-0.05, 0) is 38.0 Å². The van der Waals surface area contributed by atoms with E-state index in [2.05, 4.69) is 11.8 Å². The highest BCUT2D eigenvalue weighted by Crippen LogP contribution is 2.30. The van der Waals surface area contributed by atoms with Crippen molar-refractivity contribution in [1.82, 2.24) is 0 Å². The first kappa shape index (κ1) is 12.5. The van der Waals surface area contributed by atoms with E-state index in [-0.39, 0.29) is 11.8 Å². The van der Waals surface area contributed by atoms with Crippen molar-refractivity contribution in [1.29, 1.82) is 0 Å². The second kappa shape index (κ2) is 4.76. The maximum absolute atomic E-state index is 11.3. The molecule has 0 radical (unpaired) electrons. The van der Waals surface area contributed by atoms with Gasteiger partial charge in [-0.2, -0.15) is 0 Å². The fourth-order valence-electron chi connectivity index (χ4n) is 2.44. The molecule has 6 N–H and O–H groups in total. The standard InChI is InChI=1S/C13H20N4O/c1-8-2-3-9(13(16)18)7-17(8)10-4-5-11(14)12(15)6-10/h4-6,8-9H,2-3,7,14-15H2,1H3,(H2,16,18). The Balaban J connectivity index is 2.24. The zero-order chi connectivity index (χ0) is 13.3. The second-order valence-corrected chi connectivity index (χ2v) is 4.99. The van der Waals surface area contributed by atoms with Gasteiger partial charge in [0, 0.05) is 18.3 Å². The van der Waals surface area contributed by atoms with Gasteiger partial charge in [0.2, 0.25) is 5.91 Å². The van der Waals surface area contributed by atoms with Crippen molar-refractivity contribution in [2.24, 2.45) is 11.7 Å². The monoisotopic (exact) mass is 248 g/mol. The summed E-state index contributed by atoms with van der Waals surface area (Å²) >= 11 is 0. The molecule has 0 saturated carbocycles. The normalized spacial score (nSPS) is 23.9. The summed E-state index contributed by atoms with van der Waals surface area (Å²) in [5, 5.41) is 0. The molecule has 0 aromatic heterocycles. The predicted molar refractivity (Wildman–Crippen MR) is 74.0 cm³/mol. The van der Waals surface area contributed by atoms with E-state index in [9.17, 15) is 4.79 Å². The maximum Gasteiger partial charge on any atom is 0.222 e. The molecule has 0 bridgehead atoms. The van der Waals surface area contributed by atoms with Crippen LogP contribution in [0.1, 0.15) is 19.8 Å². The topological polar surface area (TPSA) is 98.4 Å². The number of primary amides is 1. The summed E-state index contributed by atoms with van der Waals surface area (Å²) in [5.74, 6) is -0.310.